The van der Waals surface area contributed by atoms with Crippen LogP contribution in [0, 0.1) is 6.92 Å². The predicted octanol–water partition coefficient (Wildman–Crippen LogP) is 2.18. The summed E-state index contributed by atoms with van der Waals surface area (Å²) in [6, 6.07) is 4.81. The molecule has 3 nitrogen and oxygen atoms in total. The van der Waals surface area contributed by atoms with Crippen LogP contribution in [0.4, 0.5) is 0 Å². The summed E-state index contributed by atoms with van der Waals surface area (Å²) in [5, 5.41) is 9.36. The van der Waals surface area contributed by atoms with E-state index in [0.29, 0.717) is 5.57 Å². The fraction of sp³-hybridized carbons (Fsp3) is 0.182. The van der Waals surface area contributed by atoms with Gasteiger partial charge in [0.2, 0.25) is 0 Å². The number of phenols is 1. The average Bonchev–Trinajstić information content (AvgIpc) is 2.11. The van der Waals surface area contributed by atoms with Crippen LogP contribution in [0.15, 0.2) is 30.4 Å². The number of aromatic hydroxyl groups is 1. The molecule has 0 aliphatic heterocycles. The molecule has 0 aliphatic carbocycles. The zero-order valence-electron chi connectivity index (χ0n) is 8.20. The van der Waals surface area contributed by atoms with E-state index >= 15 is 0 Å². The van der Waals surface area contributed by atoms with Crippen LogP contribution in [0.5, 0.6) is 11.5 Å². The van der Waals surface area contributed by atoms with E-state index in [9.17, 15) is 9.90 Å². The van der Waals surface area contributed by atoms with Crippen LogP contribution in [0.2, 0.25) is 0 Å². The van der Waals surface area contributed by atoms with Crippen molar-refractivity contribution in [3.63, 3.8) is 0 Å². The van der Waals surface area contributed by atoms with Crippen LogP contribution in [-0.2, 0) is 4.79 Å². The van der Waals surface area contributed by atoms with Gasteiger partial charge in [-0.1, -0.05) is 12.6 Å². The van der Waals surface area contributed by atoms with Crippen molar-refractivity contribution >= 4 is 5.97 Å². The number of carbonyl (C=O) groups is 1. The average molecular weight is 192 g/mol. The molecule has 1 aromatic rings. The van der Waals surface area contributed by atoms with Crippen molar-refractivity contribution in [2.24, 2.45) is 0 Å². The molecule has 0 unspecified atom stereocenters. The van der Waals surface area contributed by atoms with E-state index in [4.69, 9.17) is 4.74 Å². The first kappa shape index (κ1) is 10.3. The fourth-order valence-electron chi connectivity index (χ4n) is 0.890. The third-order valence-corrected chi connectivity index (χ3v) is 1.67. The summed E-state index contributed by atoms with van der Waals surface area (Å²) in [4.78, 5) is 11.1. The Labute approximate surface area is 82.6 Å². The Morgan fingerprint density at radius 3 is 2.71 bits per heavy atom. The zero-order chi connectivity index (χ0) is 10.7. The Morgan fingerprint density at radius 1 is 1.50 bits per heavy atom. The van der Waals surface area contributed by atoms with E-state index in [1.165, 1.54) is 6.07 Å². The number of esters is 1. The highest BCUT2D eigenvalue weighted by Crippen LogP contribution is 2.26. The van der Waals surface area contributed by atoms with Crippen molar-refractivity contribution in [3.8, 4) is 11.5 Å². The molecule has 14 heavy (non-hydrogen) atoms. The van der Waals surface area contributed by atoms with Gasteiger partial charge < -0.3 is 9.84 Å². The van der Waals surface area contributed by atoms with Crippen LogP contribution >= 0.6 is 0 Å². The lowest BCUT2D eigenvalue weighted by Crippen LogP contribution is -2.08. The van der Waals surface area contributed by atoms with E-state index in [1.807, 2.05) is 6.92 Å². The number of aryl methyl sites for hydroxylation is 1. The Morgan fingerprint density at radius 2 is 2.14 bits per heavy atom. The van der Waals surface area contributed by atoms with Crippen molar-refractivity contribution in [1.29, 1.82) is 0 Å². The summed E-state index contributed by atoms with van der Waals surface area (Å²) >= 11 is 0. The first-order valence-electron chi connectivity index (χ1n) is 4.18. The van der Waals surface area contributed by atoms with E-state index in [2.05, 4.69) is 6.58 Å². The summed E-state index contributed by atoms with van der Waals surface area (Å²) in [7, 11) is 0. The highest BCUT2D eigenvalue weighted by molar-refractivity contribution is 5.89. The minimum absolute atomic E-state index is 0.0507. The number of benzene rings is 1. The van der Waals surface area contributed by atoms with Crippen LogP contribution in [-0.4, -0.2) is 11.1 Å². The molecule has 0 bridgehead atoms. The molecular formula is C11H12O3. The summed E-state index contributed by atoms with van der Waals surface area (Å²) in [5.74, 6) is -0.422. The van der Waals surface area contributed by atoms with Crippen molar-refractivity contribution < 1.29 is 14.6 Å². The minimum Gasteiger partial charge on any atom is -0.504 e. The van der Waals surface area contributed by atoms with Crippen LogP contribution < -0.4 is 4.74 Å². The first-order chi connectivity index (χ1) is 6.50. The van der Waals surface area contributed by atoms with Gasteiger partial charge in [0.05, 0.1) is 0 Å². The molecule has 0 aliphatic rings. The summed E-state index contributed by atoms with van der Waals surface area (Å²) < 4.78 is 4.90. The molecule has 0 saturated carbocycles. The van der Waals surface area contributed by atoms with Gasteiger partial charge in [0, 0.05) is 5.57 Å². The normalized spacial score (nSPS) is 9.57. The molecular weight excluding hydrogens is 180 g/mol. The molecule has 0 aromatic heterocycles. The van der Waals surface area contributed by atoms with Crippen molar-refractivity contribution in [1.82, 2.24) is 0 Å². The number of ether oxygens (including phenoxy) is 1. The predicted molar refractivity (Wildman–Crippen MR) is 53.3 cm³/mol. The number of hydrogen-bond acceptors (Lipinski definition) is 3. The smallest absolute Gasteiger partial charge is 0.338 e. The zero-order valence-corrected chi connectivity index (χ0v) is 8.20. The summed E-state index contributed by atoms with van der Waals surface area (Å²) in [6.07, 6.45) is 0. The SMILES string of the molecule is C=C(C)C(=O)Oc1cc(C)ccc1O. The molecule has 74 valence electrons. The quantitative estimate of drug-likeness (QED) is 0.444. The van der Waals surface area contributed by atoms with Gasteiger partial charge in [-0.25, -0.2) is 4.79 Å². The van der Waals surface area contributed by atoms with Crippen LogP contribution in [0.1, 0.15) is 12.5 Å². The van der Waals surface area contributed by atoms with Crippen LogP contribution in [0.3, 0.4) is 0 Å². The lowest BCUT2D eigenvalue weighted by Gasteiger charge is -2.06. The van der Waals surface area contributed by atoms with Gasteiger partial charge >= 0.3 is 5.97 Å². The standard InChI is InChI=1S/C11H12O3/c1-7(2)11(13)14-10-6-8(3)4-5-9(10)12/h4-6,12H,1H2,2-3H3. The van der Waals surface area contributed by atoms with Crippen molar-refractivity contribution in [2.75, 3.05) is 0 Å². The highest BCUT2D eigenvalue weighted by atomic mass is 16.5. The number of hydrogen-bond donors (Lipinski definition) is 1. The maximum absolute atomic E-state index is 11.1. The lowest BCUT2D eigenvalue weighted by molar-refractivity contribution is -0.130. The van der Waals surface area contributed by atoms with Gasteiger partial charge in [0.25, 0.3) is 0 Å². The minimum atomic E-state index is -0.536. The second kappa shape index (κ2) is 3.96. The highest BCUT2D eigenvalue weighted by Gasteiger charge is 2.09. The Hall–Kier alpha value is -1.77. The van der Waals surface area contributed by atoms with E-state index in [0.717, 1.165) is 5.56 Å². The van der Waals surface area contributed by atoms with Crippen molar-refractivity contribution in [2.45, 2.75) is 13.8 Å². The largest absolute Gasteiger partial charge is 0.504 e. The van der Waals surface area contributed by atoms with Gasteiger partial charge in [0.15, 0.2) is 11.5 Å². The van der Waals surface area contributed by atoms with Gasteiger partial charge in [-0.3, -0.25) is 0 Å². The molecule has 0 radical (unpaired) electrons. The maximum atomic E-state index is 11.1. The van der Waals surface area contributed by atoms with Gasteiger partial charge in [-0.15, -0.1) is 0 Å². The van der Waals surface area contributed by atoms with Crippen molar-refractivity contribution in [3.05, 3.63) is 35.9 Å². The molecule has 0 saturated heterocycles. The Kier molecular flexibility index (Phi) is 2.92. The second-order valence-corrected chi connectivity index (χ2v) is 3.14. The third kappa shape index (κ3) is 2.36. The second-order valence-electron chi connectivity index (χ2n) is 3.14. The molecule has 1 rings (SSSR count). The fourth-order valence-corrected chi connectivity index (χ4v) is 0.890. The van der Waals surface area contributed by atoms with Gasteiger partial charge in [-0.2, -0.15) is 0 Å². The lowest BCUT2D eigenvalue weighted by atomic mass is 10.2. The van der Waals surface area contributed by atoms with E-state index in [-0.39, 0.29) is 11.5 Å². The first-order valence-corrected chi connectivity index (χ1v) is 4.18. The monoisotopic (exact) mass is 192 g/mol. The molecule has 0 atom stereocenters. The van der Waals surface area contributed by atoms with Crippen LogP contribution in [0.25, 0.3) is 0 Å². The van der Waals surface area contributed by atoms with E-state index < -0.39 is 5.97 Å². The van der Waals surface area contributed by atoms with E-state index in [1.54, 1.807) is 19.1 Å². The Balaban J connectivity index is 2.91. The molecule has 3 heteroatoms. The van der Waals surface area contributed by atoms with Gasteiger partial charge in [0.1, 0.15) is 0 Å². The maximum Gasteiger partial charge on any atom is 0.338 e. The Bertz CT molecular complexity index is 380. The molecule has 0 amide bonds. The number of carbonyl (C=O) groups excluding carboxylic acids is 1. The number of rotatable bonds is 2. The topological polar surface area (TPSA) is 46.5 Å². The molecule has 0 spiro atoms. The molecule has 1 aromatic carbocycles. The van der Waals surface area contributed by atoms with Gasteiger partial charge in [-0.05, 0) is 31.5 Å². The summed E-state index contributed by atoms with van der Waals surface area (Å²) in [5.41, 5.74) is 1.21. The molecule has 0 fully saturated rings. The number of phenolic OH excluding ortho intramolecular Hbond substituents is 1. The molecule has 1 N–H and O–H groups in total. The molecule has 0 heterocycles. The summed E-state index contributed by atoms with van der Waals surface area (Å²) in [6.45, 7) is 6.84. The third-order valence-electron chi connectivity index (χ3n) is 1.67.